The minimum Gasteiger partial charge on any atom is -0.340 e. The van der Waals surface area contributed by atoms with Gasteiger partial charge < -0.3 is 10.2 Å². The van der Waals surface area contributed by atoms with Crippen LogP contribution in [0.2, 0.25) is 0 Å². The monoisotopic (exact) mass is 232 g/mol. The molecule has 1 amide bonds. The standard InChI is InChI=1S/C14H20N2O/c1-11-3-5-12(6-4-11)7-8-14(17)16(2)13-9-15-10-13/h3-6,13,15H,7-10H2,1-2H3. The lowest BCUT2D eigenvalue weighted by atomic mass is 10.1. The smallest absolute Gasteiger partial charge is 0.222 e. The molecule has 0 saturated carbocycles. The van der Waals surface area contributed by atoms with Gasteiger partial charge in [0.2, 0.25) is 5.91 Å². The maximum Gasteiger partial charge on any atom is 0.222 e. The second-order valence-electron chi connectivity index (χ2n) is 4.80. The number of benzene rings is 1. The molecule has 92 valence electrons. The highest BCUT2D eigenvalue weighted by atomic mass is 16.2. The molecule has 1 N–H and O–H groups in total. The Hall–Kier alpha value is -1.35. The lowest BCUT2D eigenvalue weighted by molar-refractivity contribution is -0.132. The number of likely N-dealkylation sites (N-methyl/N-ethyl adjacent to an activating group) is 1. The van der Waals surface area contributed by atoms with E-state index in [0.29, 0.717) is 12.5 Å². The summed E-state index contributed by atoms with van der Waals surface area (Å²) in [5.74, 6) is 0.247. The Morgan fingerprint density at radius 2 is 2.00 bits per heavy atom. The van der Waals surface area contributed by atoms with Crippen molar-refractivity contribution in [2.45, 2.75) is 25.8 Å². The second kappa shape index (κ2) is 5.32. The Morgan fingerprint density at radius 1 is 1.35 bits per heavy atom. The van der Waals surface area contributed by atoms with Crippen LogP contribution in [0.15, 0.2) is 24.3 Å². The van der Waals surface area contributed by atoms with Gasteiger partial charge in [0.05, 0.1) is 6.04 Å². The summed E-state index contributed by atoms with van der Waals surface area (Å²) in [5.41, 5.74) is 2.50. The van der Waals surface area contributed by atoms with E-state index >= 15 is 0 Å². The number of rotatable bonds is 4. The summed E-state index contributed by atoms with van der Waals surface area (Å²) in [7, 11) is 1.91. The molecular formula is C14H20N2O. The van der Waals surface area contributed by atoms with Crippen molar-refractivity contribution in [3.63, 3.8) is 0 Å². The Morgan fingerprint density at radius 3 is 2.53 bits per heavy atom. The highest BCUT2D eigenvalue weighted by Gasteiger charge is 2.24. The predicted octanol–water partition coefficient (Wildman–Crippen LogP) is 1.36. The second-order valence-corrected chi connectivity index (χ2v) is 4.80. The first-order chi connectivity index (χ1) is 8.16. The van der Waals surface area contributed by atoms with Crippen molar-refractivity contribution in [1.82, 2.24) is 10.2 Å². The van der Waals surface area contributed by atoms with E-state index in [4.69, 9.17) is 0 Å². The highest BCUT2D eigenvalue weighted by molar-refractivity contribution is 5.76. The van der Waals surface area contributed by atoms with E-state index in [0.717, 1.165) is 19.5 Å². The first kappa shape index (κ1) is 12.1. The number of amides is 1. The molecule has 0 spiro atoms. The molecule has 1 aromatic carbocycles. The zero-order chi connectivity index (χ0) is 12.3. The van der Waals surface area contributed by atoms with E-state index < -0.39 is 0 Å². The first-order valence-corrected chi connectivity index (χ1v) is 6.19. The summed E-state index contributed by atoms with van der Waals surface area (Å²) in [6, 6.07) is 8.81. The van der Waals surface area contributed by atoms with Crippen LogP contribution in [0.4, 0.5) is 0 Å². The normalized spacial score (nSPS) is 15.4. The van der Waals surface area contributed by atoms with Crippen molar-refractivity contribution in [3.05, 3.63) is 35.4 Å². The highest BCUT2D eigenvalue weighted by Crippen LogP contribution is 2.09. The van der Waals surface area contributed by atoms with Crippen LogP contribution in [0.1, 0.15) is 17.5 Å². The largest absolute Gasteiger partial charge is 0.340 e. The van der Waals surface area contributed by atoms with E-state index in [9.17, 15) is 4.79 Å². The number of hydrogen-bond acceptors (Lipinski definition) is 2. The minimum atomic E-state index is 0.247. The van der Waals surface area contributed by atoms with Crippen LogP contribution in [-0.4, -0.2) is 37.0 Å². The minimum absolute atomic E-state index is 0.247. The topological polar surface area (TPSA) is 32.3 Å². The number of aryl methyl sites for hydroxylation is 2. The molecule has 1 fully saturated rings. The fourth-order valence-electron chi connectivity index (χ4n) is 1.93. The van der Waals surface area contributed by atoms with Crippen molar-refractivity contribution in [1.29, 1.82) is 0 Å². The van der Waals surface area contributed by atoms with E-state index in [2.05, 4.69) is 36.5 Å². The van der Waals surface area contributed by atoms with Crippen LogP contribution >= 0.6 is 0 Å². The molecule has 1 aliphatic heterocycles. The van der Waals surface area contributed by atoms with Crippen LogP contribution in [0.25, 0.3) is 0 Å². The van der Waals surface area contributed by atoms with Crippen molar-refractivity contribution in [2.75, 3.05) is 20.1 Å². The molecule has 0 radical (unpaired) electrons. The van der Waals surface area contributed by atoms with Gasteiger partial charge in [-0.2, -0.15) is 0 Å². The molecule has 1 aliphatic rings. The Bertz CT molecular complexity index is 382. The first-order valence-electron chi connectivity index (χ1n) is 6.19. The van der Waals surface area contributed by atoms with Gasteiger partial charge in [-0.1, -0.05) is 29.8 Å². The van der Waals surface area contributed by atoms with Crippen LogP contribution in [-0.2, 0) is 11.2 Å². The number of carbonyl (C=O) groups excluding carboxylic acids is 1. The zero-order valence-electron chi connectivity index (χ0n) is 10.6. The summed E-state index contributed by atoms with van der Waals surface area (Å²) < 4.78 is 0. The van der Waals surface area contributed by atoms with Crippen molar-refractivity contribution >= 4 is 5.91 Å². The van der Waals surface area contributed by atoms with E-state index in [1.807, 2.05) is 11.9 Å². The fourth-order valence-corrected chi connectivity index (χ4v) is 1.93. The van der Waals surface area contributed by atoms with E-state index in [1.165, 1.54) is 11.1 Å². The number of nitrogens with zero attached hydrogens (tertiary/aromatic N) is 1. The summed E-state index contributed by atoms with van der Waals surface area (Å²) in [4.78, 5) is 13.8. The maximum absolute atomic E-state index is 11.9. The third-order valence-corrected chi connectivity index (χ3v) is 3.45. The molecule has 1 heterocycles. The van der Waals surface area contributed by atoms with Crippen LogP contribution in [0, 0.1) is 6.92 Å². The van der Waals surface area contributed by atoms with Gasteiger partial charge in [0.1, 0.15) is 0 Å². The van der Waals surface area contributed by atoms with Gasteiger partial charge in [0.25, 0.3) is 0 Å². The van der Waals surface area contributed by atoms with Crippen molar-refractivity contribution < 1.29 is 4.79 Å². The summed E-state index contributed by atoms with van der Waals surface area (Å²) in [6.45, 7) is 3.95. The van der Waals surface area contributed by atoms with Gasteiger partial charge in [-0.25, -0.2) is 0 Å². The molecule has 3 heteroatoms. The average Bonchev–Trinajstić information content (AvgIpc) is 2.25. The molecular weight excluding hydrogens is 212 g/mol. The molecule has 0 unspecified atom stereocenters. The van der Waals surface area contributed by atoms with Crippen molar-refractivity contribution in [2.24, 2.45) is 0 Å². The Kier molecular flexibility index (Phi) is 3.79. The molecule has 0 aliphatic carbocycles. The lowest BCUT2D eigenvalue weighted by Crippen LogP contribution is -2.57. The summed E-state index contributed by atoms with van der Waals surface area (Å²) in [5, 5.41) is 3.18. The van der Waals surface area contributed by atoms with Crippen molar-refractivity contribution in [3.8, 4) is 0 Å². The number of carbonyl (C=O) groups is 1. The maximum atomic E-state index is 11.9. The van der Waals surface area contributed by atoms with E-state index in [1.54, 1.807) is 0 Å². The third kappa shape index (κ3) is 3.07. The quantitative estimate of drug-likeness (QED) is 0.850. The SMILES string of the molecule is Cc1ccc(CCC(=O)N(C)C2CNC2)cc1. The zero-order valence-corrected chi connectivity index (χ0v) is 10.6. The van der Waals surface area contributed by atoms with Gasteiger partial charge in [0, 0.05) is 26.6 Å². The Balaban J connectivity index is 1.81. The molecule has 1 saturated heterocycles. The Labute approximate surface area is 103 Å². The molecule has 1 aromatic rings. The number of hydrogen-bond donors (Lipinski definition) is 1. The van der Waals surface area contributed by atoms with Crippen LogP contribution in [0.5, 0.6) is 0 Å². The van der Waals surface area contributed by atoms with Crippen LogP contribution in [0.3, 0.4) is 0 Å². The average molecular weight is 232 g/mol. The summed E-state index contributed by atoms with van der Waals surface area (Å²) in [6.07, 6.45) is 1.44. The lowest BCUT2D eigenvalue weighted by Gasteiger charge is -2.35. The van der Waals surface area contributed by atoms with Gasteiger partial charge in [0.15, 0.2) is 0 Å². The summed E-state index contributed by atoms with van der Waals surface area (Å²) >= 11 is 0. The molecule has 17 heavy (non-hydrogen) atoms. The molecule has 0 atom stereocenters. The molecule has 2 rings (SSSR count). The fraction of sp³-hybridized carbons (Fsp3) is 0.500. The predicted molar refractivity (Wildman–Crippen MR) is 68.9 cm³/mol. The van der Waals surface area contributed by atoms with Crippen LogP contribution < -0.4 is 5.32 Å². The van der Waals surface area contributed by atoms with Gasteiger partial charge >= 0.3 is 0 Å². The molecule has 3 nitrogen and oxygen atoms in total. The van der Waals surface area contributed by atoms with Gasteiger partial charge in [-0.15, -0.1) is 0 Å². The van der Waals surface area contributed by atoms with E-state index in [-0.39, 0.29) is 5.91 Å². The number of nitrogens with one attached hydrogen (secondary N) is 1. The van der Waals surface area contributed by atoms with Gasteiger partial charge in [-0.3, -0.25) is 4.79 Å². The van der Waals surface area contributed by atoms with Gasteiger partial charge in [-0.05, 0) is 18.9 Å². The molecule has 0 aromatic heterocycles. The molecule has 0 bridgehead atoms. The third-order valence-electron chi connectivity index (χ3n) is 3.45.